The van der Waals surface area contributed by atoms with Gasteiger partial charge in [-0.25, -0.2) is 0 Å². The lowest BCUT2D eigenvalue weighted by Gasteiger charge is -2.16. The van der Waals surface area contributed by atoms with Gasteiger partial charge in [0, 0.05) is 0 Å². The van der Waals surface area contributed by atoms with Gasteiger partial charge < -0.3 is 0 Å². The Balaban J connectivity index is 1.12. The largest absolute Gasteiger partial charge is 0.0629 e. The molecule has 230 valence electrons. The Hall–Kier alpha value is -6.50. The minimum Gasteiger partial charge on any atom is -0.0622 e. The van der Waals surface area contributed by atoms with Gasteiger partial charge in [0.2, 0.25) is 0 Å². The Morgan fingerprint density at radius 2 is 0.680 bits per heavy atom. The molecule has 0 saturated carbocycles. The molecule has 0 bridgehead atoms. The summed E-state index contributed by atoms with van der Waals surface area (Å²) in [5.74, 6) is 0. The molecular weight excluding hydrogens is 601 g/mol. The predicted octanol–water partition coefficient (Wildman–Crippen LogP) is 14.1. The average molecular weight is 636 g/mol. The Bertz CT molecular complexity index is 3300. The van der Waals surface area contributed by atoms with E-state index in [1.54, 1.807) is 0 Å². The van der Waals surface area contributed by atoms with Gasteiger partial charge in [-0.2, -0.15) is 0 Å². The molecule has 0 fully saturated rings. The van der Waals surface area contributed by atoms with Crippen LogP contribution in [0, 0.1) is 0 Å². The Morgan fingerprint density at radius 3 is 1.22 bits per heavy atom. The first-order chi connectivity index (χ1) is 26.8. The van der Waals surface area contributed by atoms with Crippen LogP contribution in [0.1, 0.15) is 6.85 Å². The molecule has 50 heavy (non-hydrogen) atoms. The molecule has 0 nitrogen and oxygen atoms in total. The molecule has 0 heterocycles. The van der Waals surface area contributed by atoms with Crippen LogP contribution in [0.5, 0.6) is 0 Å². The van der Waals surface area contributed by atoms with E-state index < -0.39 is 6.04 Å². The smallest absolute Gasteiger partial charge is 0.0622 e. The lowest BCUT2D eigenvalue weighted by atomic mass is 9.87. The normalized spacial score (nSPS) is 13.4. The van der Waals surface area contributed by atoms with Crippen LogP contribution in [-0.2, 0) is 0 Å². The number of hydrogen-bond acceptors (Lipinski definition) is 0. The van der Waals surface area contributed by atoms with E-state index in [-0.39, 0.29) is 29.7 Å². The van der Waals surface area contributed by atoms with Gasteiger partial charge in [-0.15, -0.1) is 0 Å². The van der Waals surface area contributed by atoms with Crippen LogP contribution >= 0.6 is 0 Å². The Morgan fingerprint density at radius 1 is 0.280 bits per heavy atom. The molecule has 0 atom stereocenters. The average Bonchev–Trinajstić information content (AvgIpc) is 3.23. The molecule has 11 rings (SSSR count). The highest BCUT2D eigenvalue weighted by Gasteiger charge is 2.15. The third-order valence-corrected chi connectivity index (χ3v) is 10.6. The standard InChI is InChI=1S/C50H30/c1-2-6-31(7-3-1)40-28-41(30-42(29-40)44-25-21-39-19-17-35-9-5-11-37-23-27-46(44)50(39)48(35)37)32-12-14-33(15-13-32)43-24-20-38-18-16-34-8-4-10-36-22-26-45(43)49(38)47(34)36/h1-30H/i1D,2D,3D,6D,7D. The minimum absolute atomic E-state index is 0.192. The number of hydrogen-bond donors (Lipinski definition) is 0. The first kappa shape index (κ1) is 23.0. The topological polar surface area (TPSA) is 0 Å². The molecule has 0 radical (unpaired) electrons. The van der Waals surface area contributed by atoms with Gasteiger partial charge >= 0.3 is 0 Å². The van der Waals surface area contributed by atoms with Gasteiger partial charge in [-0.1, -0.05) is 164 Å². The summed E-state index contributed by atoms with van der Waals surface area (Å²) in [6.07, 6.45) is 0. The van der Waals surface area contributed by atoms with E-state index in [1.807, 2.05) is 12.1 Å². The van der Waals surface area contributed by atoms with Crippen molar-refractivity contribution in [1.29, 1.82) is 0 Å². The molecule has 11 aromatic carbocycles. The second kappa shape index (κ2) is 10.5. The summed E-state index contributed by atoms with van der Waals surface area (Å²) in [5, 5.41) is 14.5. The predicted molar refractivity (Wildman–Crippen MR) is 216 cm³/mol. The molecule has 0 amide bonds. The van der Waals surface area contributed by atoms with E-state index in [2.05, 4.69) is 140 Å². The van der Waals surface area contributed by atoms with Gasteiger partial charge in [0.05, 0.1) is 6.85 Å². The molecule has 0 aliphatic carbocycles. The summed E-state index contributed by atoms with van der Waals surface area (Å²) < 4.78 is 43.0. The number of benzene rings is 11. The maximum absolute atomic E-state index is 8.89. The summed E-state index contributed by atoms with van der Waals surface area (Å²) in [5.41, 5.74) is 6.83. The van der Waals surface area contributed by atoms with Gasteiger partial charge in [0.15, 0.2) is 0 Å². The van der Waals surface area contributed by atoms with Crippen LogP contribution in [-0.4, -0.2) is 0 Å². The maximum atomic E-state index is 8.89. The molecule has 0 aromatic heterocycles. The SMILES string of the molecule is [2H]c1c([2H])c([2H])c(-c2cc(-c3ccc(-c4ccc5ccc6cccc7ccc4c5c67)cc3)cc(-c3ccc4ccc5cccc6ccc3c4c56)c2)c([2H])c1[2H]. The zero-order valence-electron chi connectivity index (χ0n) is 31.9. The van der Waals surface area contributed by atoms with Gasteiger partial charge in [0.1, 0.15) is 0 Å². The van der Waals surface area contributed by atoms with E-state index in [1.165, 1.54) is 59.4 Å². The maximum Gasteiger partial charge on any atom is 0.0629 e. The number of rotatable bonds is 4. The molecule has 0 saturated heterocycles. The van der Waals surface area contributed by atoms with Crippen LogP contribution in [0.4, 0.5) is 0 Å². The highest BCUT2D eigenvalue weighted by atomic mass is 14.2. The zero-order valence-corrected chi connectivity index (χ0v) is 26.9. The van der Waals surface area contributed by atoms with Crippen LogP contribution in [0.2, 0.25) is 0 Å². The lowest BCUT2D eigenvalue weighted by Crippen LogP contribution is -1.90. The van der Waals surface area contributed by atoms with Crippen LogP contribution in [0.25, 0.3) is 109 Å². The van der Waals surface area contributed by atoms with E-state index in [0.717, 1.165) is 38.6 Å². The summed E-state index contributed by atoms with van der Waals surface area (Å²) in [7, 11) is 0. The zero-order chi connectivity index (χ0) is 37.1. The summed E-state index contributed by atoms with van der Waals surface area (Å²) in [4.78, 5) is 0. The summed E-state index contributed by atoms with van der Waals surface area (Å²) in [6.45, 7) is 0. The quantitative estimate of drug-likeness (QED) is 0.169. The van der Waals surface area contributed by atoms with Crippen molar-refractivity contribution in [2.24, 2.45) is 0 Å². The third-order valence-electron chi connectivity index (χ3n) is 10.6. The van der Waals surface area contributed by atoms with Crippen LogP contribution in [0.3, 0.4) is 0 Å². The van der Waals surface area contributed by atoms with E-state index in [0.29, 0.717) is 5.56 Å². The van der Waals surface area contributed by atoms with E-state index >= 15 is 0 Å². The van der Waals surface area contributed by atoms with E-state index in [9.17, 15) is 0 Å². The van der Waals surface area contributed by atoms with Crippen molar-refractivity contribution >= 4 is 64.6 Å². The molecule has 0 unspecified atom stereocenters. The summed E-state index contributed by atoms with van der Waals surface area (Å²) in [6, 6.07) is 52.3. The first-order valence-electron chi connectivity index (χ1n) is 19.5. The van der Waals surface area contributed by atoms with E-state index in [4.69, 9.17) is 6.85 Å². The Labute approximate surface area is 297 Å². The van der Waals surface area contributed by atoms with Crippen molar-refractivity contribution < 1.29 is 6.85 Å². The minimum atomic E-state index is -0.399. The molecule has 0 N–H and O–H groups in total. The fourth-order valence-corrected chi connectivity index (χ4v) is 8.30. The highest BCUT2D eigenvalue weighted by molar-refractivity contribution is 6.26. The lowest BCUT2D eigenvalue weighted by molar-refractivity contribution is 1.57. The van der Waals surface area contributed by atoms with Crippen molar-refractivity contribution in [2.75, 3.05) is 0 Å². The molecule has 0 aliphatic rings. The fourth-order valence-electron chi connectivity index (χ4n) is 8.30. The highest BCUT2D eigenvalue weighted by Crippen LogP contribution is 2.43. The second-order valence-corrected chi connectivity index (χ2v) is 13.3. The van der Waals surface area contributed by atoms with Crippen LogP contribution < -0.4 is 0 Å². The second-order valence-electron chi connectivity index (χ2n) is 13.3. The first-order valence-corrected chi connectivity index (χ1v) is 17.0. The van der Waals surface area contributed by atoms with Gasteiger partial charge in [0.25, 0.3) is 0 Å². The molecule has 0 spiro atoms. The van der Waals surface area contributed by atoms with Gasteiger partial charge in [-0.05, 0) is 127 Å². The van der Waals surface area contributed by atoms with Crippen LogP contribution in [0.15, 0.2) is 182 Å². The molecule has 11 aromatic rings. The van der Waals surface area contributed by atoms with Crippen molar-refractivity contribution in [3.05, 3.63) is 182 Å². The molecule has 0 heteroatoms. The van der Waals surface area contributed by atoms with Crippen molar-refractivity contribution in [1.82, 2.24) is 0 Å². The van der Waals surface area contributed by atoms with Gasteiger partial charge in [-0.3, -0.25) is 0 Å². The fraction of sp³-hybridized carbons (Fsp3) is 0. The Kier molecular flexibility index (Phi) is 4.82. The monoisotopic (exact) mass is 635 g/mol. The third kappa shape index (κ3) is 4.06. The van der Waals surface area contributed by atoms with Crippen molar-refractivity contribution in [3.63, 3.8) is 0 Å². The summed E-state index contributed by atoms with van der Waals surface area (Å²) >= 11 is 0. The van der Waals surface area contributed by atoms with Crippen molar-refractivity contribution in [2.45, 2.75) is 0 Å². The molecule has 0 aliphatic heterocycles. The van der Waals surface area contributed by atoms with Crippen molar-refractivity contribution in [3.8, 4) is 44.5 Å². The molecular formula is C50H30.